The number of guanidine groups is 1. The van der Waals surface area contributed by atoms with Gasteiger partial charge in [-0.3, -0.25) is 9.39 Å². The van der Waals surface area contributed by atoms with Gasteiger partial charge in [0.15, 0.2) is 22.8 Å². The van der Waals surface area contributed by atoms with E-state index in [4.69, 9.17) is 21.4 Å². The van der Waals surface area contributed by atoms with Crippen molar-refractivity contribution in [3.8, 4) is 11.3 Å². The normalized spacial score (nSPS) is 11.8. The van der Waals surface area contributed by atoms with Crippen LogP contribution in [0.25, 0.3) is 28.1 Å². The van der Waals surface area contributed by atoms with Crippen molar-refractivity contribution in [3.05, 3.63) is 36.9 Å². The van der Waals surface area contributed by atoms with Gasteiger partial charge in [0.1, 0.15) is 17.8 Å². The topological polar surface area (TPSA) is 128 Å². The molecule has 0 fully saturated rings. The fourth-order valence-corrected chi connectivity index (χ4v) is 3.70. The number of aromatic nitrogens is 5. The number of nitrogens with zero attached hydrogens (tertiary/aromatic N) is 7. The molecule has 0 aliphatic rings. The average molecular weight is 449 g/mol. The first-order valence-electron chi connectivity index (χ1n) is 11.0. The molecule has 5 N–H and O–H groups in total. The van der Waals surface area contributed by atoms with E-state index >= 15 is 0 Å². The molecule has 0 bridgehead atoms. The van der Waals surface area contributed by atoms with Gasteiger partial charge in [0, 0.05) is 44.0 Å². The first-order valence-corrected chi connectivity index (χ1v) is 11.0. The van der Waals surface area contributed by atoms with Gasteiger partial charge < -0.3 is 26.3 Å². The largest absolute Gasteiger partial charge is 0.378 e. The number of hydrogen-bond acceptors (Lipinski definition) is 6. The lowest BCUT2D eigenvalue weighted by Crippen LogP contribution is -2.27. The van der Waals surface area contributed by atoms with Crippen LogP contribution in [0, 0.1) is 0 Å². The third-order valence-electron chi connectivity index (χ3n) is 5.23. The Morgan fingerprint density at radius 2 is 1.79 bits per heavy atom. The fraction of sp³-hybridized carbons (Fsp3) is 0.391. The predicted octanol–water partition coefficient (Wildman–Crippen LogP) is 2.69. The van der Waals surface area contributed by atoms with Gasteiger partial charge in [0.05, 0.1) is 6.33 Å². The number of nitrogens with two attached hydrogens (primary N) is 2. The molecule has 33 heavy (non-hydrogen) atoms. The highest BCUT2D eigenvalue weighted by atomic mass is 15.2. The van der Waals surface area contributed by atoms with E-state index in [0.29, 0.717) is 13.1 Å². The first kappa shape index (κ1) is 22.4. The first-order chi connectivity index (χ1) is 15.6. The van der Waals surface area contributed by atoms with Crippen molar-refractivity contribution in [1.82, 2.24) is 23.9 Å². The van der Waals surface area contributed by atoms with Crippen molar-refractivity contribution >= 4 is 34.3 Å². The molecule has 174 valence electrons. The van der Waals surface area contributed by atoms with E-state index in [0.717, 1.165) is 46.0 Å². The maximum absolute atomic E-state index is 5.41. The molecule has 0 radical (unpaired) electrons. The third-order valence-corrected chi connectivity index (χ3v) is 5.23. The molecule has 0 atom stereocenters. The molecule has 3 aromatic heterocycles. The van der Waals surface area contributed by atoms with Gasteiger partial charge in [-0.05, 0) is 39.3 Å². The van der Waals surface area contributed by atoms with E-state index < -0.39 is 0 Å². The Balaban J connectivity index is 1.79. The van der Waals surface area contributed by atoms with Crippen molar-refractivity contribution in [1.29, 1.82) is 0 Å². The highest BCUT2D eigenvalue weighted by Gasteiger charge is 2.22. The Morgan fingerprint density at radius 1 is 1.06 bits per heavy atom. The Kier molecular flexibility index (Phi) is 5.84. The van der Waals surface area contributed by atoms with E-state index in [1.54, 1.807) is 6.33 Å². The minimum Gasteiger partial charge on any atom is -0.378 e. The molecule has 3 heterocycles. The Labute approximate surface area is 193 Å². The third kappa shape index (κ3) is 4.69. The monoisotopic (exact) mass is 448 g/mol. The molecule has 4 aromatic rings. The summed E-state index contributed by atoms with van der Waals surface area (Å²) in [6.07, 6.45) is 4.39. The van der Waals surface area contributed by atoms with E-state index in [2.05, 4.69) is 65.2 Å². The van der Waals surface area contributed by atoms with Gasteiger partial charge in [-0.2, -0.15) is 0 Å². The number of anilines is 2. The summed E-state index contributed by atoms with van der Waals surface area (Å²) in [5.41, 5.74) is 16.0. The lowest BCUT2D eigenvalue weighted by atomic mass is 10.1. The highest BCUT2D eigenvalue weighted by Crippen LogP contribution is 2.33. The summed E-state index contributed by atoms with van der Waals surface area (Å²) in [5, 5.41) is 3.61. The molecular weight excluding hydrogens is 416 g/mol. The second-order valence-electron chi connectivity index (χ2n) is 9.33. The van der Waals surface area contributed by atoms with Crippen molar-refractivity contribution in [2.24, 2.45) is 16.5 Å². The second-order valence-corrected chi connectivity index (χ2v) is 9.33. The molecule has 0 saturated carbocycles. The summed E-state index contributed by atoms with van der Waals surface area (Å²) in [7, 11) is 4.06. The van der Waals surface area contributed by atoms with E-state index in [9.17, 15) is 0 Å². The fourth-order valence-electron chi connectivity index (χ4n) is 3.70. The number of rotatable bonds is 7. The number of nitrogens with one attached hydrogen (secondary N) is 1. The summed E-state index contributed by atoms with van der Waals surface area (Å²) in [6.45, 7) is 7.65. The van der Waals surface area contributed by atoms with Crippen LogP contribution in [0.3, 0.4) is 0 Å². The zero-order valence-corrected chi connectivity index (χ0v) is 19.9. The predicted molar refractivity (Wildman–Crippen MR) is 135 cm³/mol. The highest BCUT2D eigenvalue weighted by molar-refractivity contribution is 5.90. The van der Waals surface area contributed by atoms with Gasteiger partial charge >= 0.3 is 0 Å². The van der Waals surface area contributed by atoms with Gasteiger partial charge in [-0.25, -0.2) is 15.0 Å². The Bertz CT molecular complexity index is 1290. The molecule has 4 rings (SSSR count). The van der Waals surface area contributed by atoms with Gasteiger partial charge in [0.25, 0.3) is 0 Å². The zero-order valence-electron chi connectivity index (χ0n) is 19.9. The van der Waals surface area contributed by atoms with Crippen molar-refractivity contribution < 1.29 is 0 Å². The minimum atomic E-state index is -0.159. The number of benzene rings is 1. The minimum absolute atomic E-state index is 0.104. The van der Waals surface area contributed by atoms with Crippen LogP contribution in [0.2, 0.25) is 0 Å². The molecule has 0 aliphatic heterocycles. The Morgan fingerprint density at radius 3 is 2.42 bits per heavy atom. The molecule has 10 nitrogen and oxygen atoms in total. The van der Waals surface area contributed by atoms with Gasteiger partial charge in [0.2, 0.25) is 0 Å². The van der Waals surface area contributed by atoms with Crippen LogP contribution in [0.5, 0.6) is 0 Å². The molecular formula is C23H32N10. The smallest absolute Gasteiger partial charge is 0.185 e. The maximum Gasteiger partial charge on any atom is 0.185 e. The lowest BCUT2D eigenvalue weighted by molar-refractivity contribution is 0.629. The van der Waals surface area contributed by atoms with E-state index in [1.807, 2.05) is 29.4 Å². The second kappa shape index (κ2) is 8.61. The van der Waals surface area contributed by atoms with E-state index in [-0.39, 0.29) is 11.5 Å². The zero-order chi connectivity index (χ0) is 23.8. The number of hydrogen-bond donors (Lipinski definition) is 3. The standard InChI is InChI=1S/C23H32N10/c1-23(2,3)30-21-17(15-7-9-16(10-8-15)31(4)5)29-20-18-19(28-14-33(20)21)32(13-27-18)12-6-11-26-22(24)25/h7-10,13-14,30H,6,11-12H2,1-5H3,(H4,24,25,26). The summed E-state index contributed by atoms with van der Waals surface area (Å²) in [6, 6.07) is 8.38. The van der Waals surface area contributed by atoms with Crippen LogP contribution in [0.15, 0.2) is 41.9 Å². The summed E-state index contributed by atoms with van der Waals surface area (Å²) < 4.78 is 3.99. The molecule has 0 aliphatic carbocycles. The van der Waals surface area contributed by atoms with Crippen molar-refractivity contribution in [2.45, 2.75) is 39.3 Å². The molecule has 10 heteroatoms. The number of aryl methyl sites for hydroxylation is 1. The van der Waals surface area contributed by atoms with Crippen LogP contribution >= 0.6 is 0 Å². The average Bonchev–Trinajstić information content (AvgIpc) is 3.31. The molecule has 0 spiro atoms. The van der Waals surface area contributed by atoms with Crippen LogP contribution < -0.4 is 21.7 Å². The van der Waals surface area contributed by atoms with Crippen LogP contribution in [0.1, 0.15) is 27.2 Å². The van der Waals surface area contributed by atoms with Crippen molar-refractivity contribution in [3.63, 3.8) is 0 Å². The van der Waals surface area contributed by atoms with Crippen LogP contribution in [-0.4, -0.2) is 56.1 Å². The van der Waals surface area contributed by atoms with Crippen LogP contribution in [-0.2, 0) is 6.54 Å². The quantitative estimate of drug-likeness (QED) is 0.225. The number of fused-ring (bicyclic) bond motifs is 3. The summed E-state index contributed by atoms with van der Waals surface area (Å²) in [5.74, 6) is 1.000. The maximum atomic E-state index is 5.41. The summed E-state index contributed by atoms with van der Waals surface area (Å²) in [4.78, 5) is 20.5. The van der Waals surface area contributed by atoms with E-state index in [1.165, 1.54) is 0 Å². The number of aliphatic imine (C=N–C) groups is 1. The Hall–Kier alpha value is -3.82. The number of imidazole rings is 2. The van der Waals surface area contributed by atoms with Gasteiger partial charge in [-0.15, -0.1) is 0 Å². The van der Waals surface area contributed by atoms with Crippen molar-refractivity contribution in [2.75, 3.05) is 30.9 Å². The van der Waals surface area contributed by atoms with Gasteiger partial charge in [-0.1, -0.05) is 12.1 Å². The van der Waals surface area contributed by atoms with Crippen LogP contribution in [0.4, 0.5) is 11.5 Å². The lowest BCUT2D eigenvalue weighted by Gasteiger charge is -2.22. The molecule has 0 unspecified atom stereocenters. The summed E-state index contributed by atoms with van der Waals surface area (Å²) >= 11 is 0. The molecule has 0 amide bonds. The molecule has 0 saturated heterocycles. The molecule has 1 aromatic carbocycles. The SMILES string of the molecule is CN(C)c1ccc(-c2nc3c4ncn(CCCN=C(N)N)c4ncn3c2NC(C)(C)C)cc1.